The lowest BCUT2D eigenvalue weighted by Gasteiger charge is -2.39. The Bertz CT molecular complexity index is 970. The molecule has 1 aliphatic rings. The lowest BCUT2D eigenvalue weighted by molar-refractivity contribution is -0.145. The van der Waals surface area contributed by atoms with Gasteiger partial charge in [-0.15, -0.1) is 0 Å². The minimum atomic E-state index is -1.16. The van der Waals surface area contributed by atoms with E-state index in [0.717, 1.165) is 32.1 Å². The highest BCUT2D eigenvalue weighted by atomic mass is 16.6. The van der Waals surface area contributed by atoms with Crippen molar-refractivity contribution < 1.29 is 29.0 Å². The first kappa shape index (κ1) is 30.9. The maximum Gasteiger partial charge on any atom is 0.408 e. The van der Waals surface area contributed by atoms with Gasteiger partial charge in [-0.05, 0) is 71.1 Å². The third-order valence-electron chi connectivity index (χ3n) is 6.65. The van der Waals surface area contributed by atoms with Crippen LogP contribution in [0.15, 0.2) is 24.3 Å². The molecule has 10 nitrogen and oxygen atoms in total. The van der Waals surface area contributed by atoms with Crippen molar-refractivity contribution in [3.63, 3.8) is 0 Å². The van der Waals surface area contributed by atoms with Gasteiger partial charge in [0, 0.05) is 18.5 Å². The SMILES string of the molecule is CCC(C)N(C(=O)C(CCC(N)=O)NC(=O)OC(C)(C)C)C(C(=O)NC1CCCCC1)c1cccc(O)c1. The number of primary amides is 1. The number of nitrogens with two attached hydrogens (primary N) is 1. The van der Waals surface area contributed by atoms with E-state index >= 15 is 0 Å². The highest BCUT2D eigenvalue weighted by molar-refractivity contribution is 5.92. The van der Waals surface area contributed by atoms with Crippen LogP contribution in [0.1, 0.15) is 97.6 Å². The Morgan fingerprint density at radius 2 is 1.82 bits per heavy atom. The molecule has 3 atom stereocenters. The summed E-state index contributed by atoms with van der Waals surface area (Å²) in [4.78, 5) is 53.6. The third-order valence-corrected chi connectivity index (χ3v) is 6.65. The molecule has 3 unspecified atom stereocenters. The quantitative estimate of drug-likeness (QED) is 0.341. The highest BCUT2D eigenvalue weighted by Crippen LogP contribution is 2.29. The number of hydrogen-bond acceptors (Lipinski definition) is 6. The van der Waals surface area contributed by atoms with Crippen molar-refractivity contribution in [3.8, 4) is 5.75 Å². The molecule has 2 rings (SSSR count). The van der Waals surface area contributed by atoms with E-state index in [1.165, 1.54) is 17.0 Å². The number of amides is 4. The van der Waals surface area contributed by atoms with Crippen molar-refractivity contribution in [2.45, 2.75) is 116 Å². The van der Waals surface area contributed by atoms with Crippen molar-refractivity contribution in [2.24, 2.45) is 5.73 Å². The molecule has 1 aliphatic carbocycles. The fourth-order valence-electron chi connectivity index (χ4n) is 4.63. The number of nitrogens with zero attached hydrogens (tertiary/aromatic N) is 1. The standard InChI is InChI=1S/C28H44N4O6/c1-6-18(2)32(26(36)22(15-16-23(29)34)31-27(37)38-28(3,4)5)24(19-11-10-14-21(33)17-19)25(35)30-20-12-8-7-9-13-20/h10-11,14,17-18,20,22,24,33H,6-9,12-13,15-16H2,1-5H3,(H2,29,34)(H,30,35)(H,31,37). The second kappa shape index (κ2) is 14.0. The molecule has 0 aliphatic heterocycles. The largest absolute Gasteiger partial charge is 0.508 e. The molecule has 0 heterocycles. The van der Waals surface area contributed by atoms with Crippen LogP contribution < -0.4 is 16.4 Å². The average Bonchev–Trinajstić information content (AvgIpc) is 2.83. The molecular formula is C28H44N4O6. The zero-order valence-corrected chi connectivity index (χ0v) is 23.3. The van der Waals surface area contributed by atoms with Gasteiger partial charge in [0.15, 0.2) is 0 Å². The fourth-order valence-corrected chi connectivity index (χ4v) is 4.63. The summed E-state index contributed by atoms with van der Waals surface area (Å²) in [5, 5.41) is 15.9. The Kier molecular flexibility index (Phi) is 11.4. The zero-order valence-electron chi connectivity index (χ0n) is 23.3. The molecule has 1 aromatic rings. The van der Waals surface area contributed by atoms with E-state index in [4.69, 9.17) is 10.5 Å². The van der Waals surface area contributed by atoms with E-state index in [0.29, 0.717) is 12.0 Å². The first-order valence-electron chi connectivity index (χ1n) is 13.5. The number of carbonyl (C=O) groups is 4. The van der Waals surface area contributed by atoms with E-state index in [1.54, 1.807) is 32.9 Å². The Hall–Kier alpha value is -3.30. The molecule has 1 aromatic carbocycles. The zero-order chi connectivity index (χ0) is 28.5. The van der Waals surface area contributed by atoms with Crippen molar-refractivity contribution in [3.05, 3.63) is 29.8 Å². The first-order valence-corrected chi connectivity index (χ1v) is 13.5. The van der Waals surface area contributed by atoms with Crippen LogP contribution >= 0.6 is 0 Å². The Morgan fingerprint density at radius 3 is 2.37 bits per heavy atom. The van der Waals surface area contributed by atoms with Gasteiger partial charge in [0.05, 0.1) is 0 Å². The molecular weight excluding hydrogens is 488 g/mol. The molecule has 1 saturated carbocycles. The number of phenolic OH excluding ortho intramolecular Hbond substituents is 1. The molecule has 212 valence electrons. The molecule has 0 bridgehead atoms. The summed E-state index contributed by atoms with van der Waals surface area (Å²) >= 11 is 0. The van der Waals surface area contributed by atoms with E-state index < -0.39 is 41.6 Å². The van der Waals surface area contributed by atoms with Gasteiger partial charge in [-0.25, -0.2) is 4.79 Å². The normalized spacial score (nSPS) is 16.6. The summed E-state index contributed by atoms with van der Waals surface area (Å²) in [5.74, 6) is -1.56. The van der Waals surface area contributed by atoms with Gasteiger partial charge in [0.25, 0.3) is 0 Å². The van der Waals surface area contributed by atoms with Gasteiger partial charge >= 0.3 is 6.09 Å². The van der Waals surface area contributed by atoms with Crippen LogP contribution in [-0.4, -0.2) is 57.5 Å². The van der Waals surface area contributed by atoms with E-state index in [2.05, 4.69) is 10.6 Å². The molecule has 38 heavy (non-hydrogen) atoms. The van der Waals surface area contributed by atoms with E-state index in [9.17, 15) is 24.3 Å². The summed E-state index contributed by atoms with van der Waals surface area (Å²) in [5.41, 5.74) is 4.99. The van der Waals surface area contributed by atoms with Crippen LogP contribution in [0.5, 0.6) is 5.75 Å². The van der Waals surface area contributed by atoms with Crippen LogP contribution in [0.2, 0.25) is 0 Å². The number of ether oxygens (including phenoxy) is 1. The van der Waals surface area contributed by atoms with Crippen LogP contribution in [0.3, 0.4) is 0 Å². The number of benzene rings is 1. The lowest BCUT2D eigenvalue weighted by atomic mass is 9.94. The smallest absolute Gasteiger partial charge is 0.408 e. The van der Waals surface area contributed by atoms with E-state index in [1.807, 2.05) is 13.8 Å². The monoisotopic (exact) mass is 532 g/mol. The van der Waals surface area contributed by atoms with Crippen molar-refractivity contribution in [1.82, 2.24) is 15.5 Å². The predicted molar refractivity (Wildman–Crippen MR) is 144 cm³/mol. The van der Waals surface area contributed by atoms with E-state index in [-0.39, 0.29) is 30.5 Å². The minimum absolute atomic E-state index is 0.00418. The number of carbonyl (C=O) groups excluding carboxylic acids is 4. The summed E-state index contributed by atoms with van der Waals surface area (Å²) < 4.78 is 5.35. The number of phenols is 1. The van der Waals surface area contributed by atoms with Gasteiger partial charge in [-0.2, -0.15) is 0 Å². The maximum atomic E-state index is 14.1. The summed E-state index contributed by atoms with van der Waals surface area (Å²) in [7, 11) is 0. The van der Waals surface area contributed by atoms with Gasteiger partial charge in [-0.3, -0.25) is 14.4 Å². The first-order chi connectivity index (χ1) is 17.8. The van der Waals surface area contributed by atoms with Crippen LogP contribution in [0, 0.1) is 0 Å². The number of hydrogen-bond donors (Lipinski definition) is 4. The molecule has 4 amide bonds. The predicted octanol–water partition coefficient (Wildman–Crippen LogP) is 3.67. The summed E-state index contributed by atoms with van der Waals surface area (Å²) in [6, 6.07) is 3.62. The van der Waals surface area contributed by atoms with Crippen LogP contribution in [-0.2, 0) is 19.1 Å². The molecule has 10 heteroatoms. The Balaban J connectivity index is 2.49. The van der Waals surface area contributed by atoms with Crippen molar-refractivity contribution in [2.75, 3.05) is 0 Å². The molecule has 0 aromatic heterocycles. The summed E-state index contributed by atoms with van der Waals surface area (Å²) in [6.07, 6.45) is 4.38. The second-order valence-electron chi connectivity index (χ2n) is 11.0. The minimum Gasteiger partial charge on any atom is -0.508 e. The molecule has 5 N–H and O–H groups in total. The van der Waals surface area contributed by atoms with Crippen LogP contribution in [0.4, 0.5) is 4.79 Å². The van der Waals surface area contributed by atoms with Gasteiger partial charge < -0.3 is 31.1 Å². The topological polar surface area (TPSA) is 151 Å². The number of aromatic hydroxyl groups is 1. The number of alkyl carbamates (subject to hydrolysis) is 1. The van der Waals surface area contributed by atoms with Gasteiger partial charge in [-0.1, -0.05) is 38.3 Å². The molecule has 0 radical (unpaired) electrons. The lowest BCUT2D eigenvalue weighted by Crippen LogP contribution is -2.56. The molecule has 0 saturated heterocycles. The fraction of sp³-hybridized carbons (Fsp3) is 0.643. The average molecular weight is 533 g/mol. The van der Waals surface area contributed by atoms with Crippen LogP contribution in [0.25, 0.3) is 0 Å². The number of rotatable bonds is 11. The van der Waals surface area contributed by atoms with Crippen molar-refractivity contribution in [1.29, 1.82) is 0 Å². The Labute approximate surface area is 225 Å². The second-order valence-corrected chi connectivity index (χ2v) is 11.0. The molecule has 1 fully saturated rings. The maximum absolute atomic E-state index is 14.1. The number of nitrogens with one attached hydrogen (secondary N) is 2. The highest BCUT2D eigenvalue weighted by Gasteiger charge is 2.39. The van der Waals surface area contributed by atoms with Gasteiger partial charge in [0.1, 0.15) is 23.4 Å². The third kappa shape index (κ3) is 9.54. The van der Waals surface area contributed by atoms with Crippen molar-refractivity contribution >= 4 is 23.8 Å². The summed E-state index contributed by atoms with van der Waals surface area (Å²) in [6.45, 7) is 8.81. The Morgan fingerprint density at radius 1 is 1.16 bits per heavy atom. The van der Waals surface area contributed by atoms with Gasteiger partial charge in [0.2, 0.25) is 17.7 Å². The molecule has 0 spiro atoms.